The summed E-state index contributed by atoms with van der Waals surface area (Å²) in [4.78, 5) is 24.9. The van der Waals surface area contributed by atoms with Gasteiger partial charge in [-0.2, -0.15) is 0 Å². The van der Waals surface area contributed by atoms with Gasteiger partial charge in [0.15, 0.2) is 0 Å². The van der Waals surface area contributed by atoms with Crippen LogP contribution in [0.2, 0.25) is 0 Å². The number of likely N-dealkylation sites (tertiary alicyclic amines) is 1. The molecule has 2 N–H and O–H groups in total. The van der Waals surface area contributed by atoms with Gasteiger partial charge in [0.2, 0.25) is 0 Å². The number of nitrogens with one attached hydrogen (secondary N) is 1. The molecule has 1 heterocycles. The first-order valence-corrected chi connectivity index (χ1v) is 6.52. The van der Waals surface area contributed by atoms with Crippen LogP contribution >= 0.6 is 0 Å². The second kappa shape index (κ2) is 5.81. The fourth-order valence-electron chi connectivity index (χ4n) is 2.36. The van der Waals surface area contributed by atoms with Gasteiger partial charge < -0.3 is 20.1 Å². The molecule has 2 amide bonds. The zero-order chi connectivity index (χ0) is 14.7. The number of urea groups is 1. The van der Waals surface area contributed by atoms with Gasteiger partial charge in [0, 0.05) is 12.6 Å². The Balaban J connectivity index is 2.20. The molecule has 0 bridgehead atoms. The van der Waals surface area contributed by atoms with Gasteiger partial charge in [-0.15, -0.1) is 0 Å². The third-order valence-electron chi connectivity index (χ3n) is 3.50. The summed E-state index contributed by atoms with van der Waals surface area (Å²) in [7, 11) is 1.48. The number of carboxylic acid groups (broad SMARTS) is 1. The molecule has 108 valence electrons. The minimum Gasteiger partial charge on any atom is -0.495 e. The fraction of sp³-hybridized carbons (Fsp3) is 0.429. The van der Waals surface area contributed by atoms with Crippen LogP contribution < -0.4 is 10.1 Å². The van der Waals surface area contributed by atoms with Crippen molar-refractivity contribution >= 4 is 17.7 Å². The zero-order valence-electron chi connectivity index (χ0n) is 11.5. The molecule has 1 aromatic rings. The molecule has 1 aliphatic heterocycles. The number of anilines is 1. The van der Waals surface area contributed by atoms with Gasteiger partial charge in [0.1, 0.15) is 5.75 Å². The first kappa shape index (κ1) is 14.2. The van der Waals surface area contributed by atoms with Gasteiger partial charge in [-0.25, -0.2) is 9.59 Å². The van der Waals surface area contributed by atoms with Gasteiger partial charge >= 0.3 is 12.0 Å². The molecule has 20 heavy (non-hydrogen) atoms. The van der Waals surface area contributed by atoms with Crippen LogP contribution in [0.4, 0.5) is 10.5 Å². The van der Waals surface area contributed by atoms with Gasteiger partial charge in [-0.3, -0.25) is 0 Å². The Hall–Kier alpha value is -2.24. The quantitative estimate of drug-likeness (QED) is 0.890. The molecule has 0 spiro atoms. The lowest BCUT2D eigenvalue weighted by molar-refractivity contribution is 0.0697. The van der Waals surface area contributed by atoms with E-state index in [0.29, 0.717) is 18.0 Å². The molecule has 1 aromatic carbocycles. The number of ether oxygens (including phenoxy) is 1. The molecule has 6 heteroatoms. The van der Waals surface area contributed by atoms with Crippen molar-refractivity contribution in [2.75, 3.05) is 19.0 Å². The summed E-state index contributed by atoms with van der Waals surface area (Å²) in [5.74, 6) is -0.604. The second-order valence-electron chi connectivity index (χ2n) is 4.84. The molecule has 1 unspecified atom stereocenters. The number of carbonyl (C=O) groups is 2. The molecule has 0 aliphatic carbocycles. The van der Waals surface area contributed by atoms with E-state index in [1.807, 2.05) is 6.92 Å². The molecule has 0 saturated carbocycles. The molecular formula is C14H18N2O4. The van der Waals surface area contributed by atoms with Crippen molar-refractivity contribution < 1.29 is 19.4 Å². The third kappa shape index (κ3) is 2.84. The largest absolute Gasteiger partial charge is 0.495 e. The maximum atomic E-state index is 12.2. The Labute approximate surface area is 117 Å². The average molecular weight is 278 g/mol. The lowest BCUT2D eigenvalue weighted by Crippen LogP contribution is -2.37. The Bertz CT molecular complexity index is 530. The molecule has 2 rings (SSSR count). The highest BCUT2D eigenvalue weighted by Gasteiger charge is 2.25. The third-order valence-corrected chi connectivity index (χ3v) is 3.50. The van der Waals surface area contributed by atoms with E-state index in [0.717, 1.165) is 12.8 Å². The number of aromatic carboxylic acids is 1. The summed E-state index contributed by atoms with van der Waals surface area (Å²) in [6.45, 7) is 2.71. The zero-order valence-corrected chi connectivity index (χ0v) is 11.5. The molecule has 0 aromatic heterocycles. The van der Waals surface area contributed by atoms with Crippen molar-refractivity contribution in [2.45, 2.75) is 25.8 Å². The molecule has 1 fully saturated rings. The summed E-state index contributed by atoms with van der Waals surface area (Å²) >= 11 is 0. The average Bonchev–Trinajstić information content (AvgIpc) is 2.84. The maximum Gasteiger partial charge on any atom is 0.335 e. The number of carbonyl (C=O) groups excluding carboxylic acids is 1. The number of hydrogen-bond acceptors (Lipinski definition) is 3. The summed E-state index contributed by atoms with van der Waals surface area (Å²) < 4.78 is 5.14. The molecule has 0 radical (unpaired) electrons. The van der Waals surface area contributed by atoms with E-state index in [2.05, 4.69) is 5.32 Å². The molecule has 1 atom stereocenters. The topological polar surface area (TPSA) is 78.9 Å². The smallest absolute Gasteiger partial charge is 0.335 e. The lowest BCUT2D eigenvalue weighted by Gasteiger charge is -2.22. The predicted molar refractivity (Wildman–Crippen MR) is 74.4 cm³/mol. The number of hydrogen-bond donors (Lipinski definition) is 2. The predicted octanol–water partition coefficient (Wildman–Crippen LogP) is 2.41. The van der Waals surface area contributed by atoms with Gasteiger partial charge in [-0.1, -0.05) is 0 Å². The normalized spacial score (nSPS) is 17.9. The van der Waals surface area contributed by atoms with Crippen LogP contribution in [0.1, 0.15) is 30.1 Å². The molecule has 1 aliphatic rings. The van der Waals surface area contributed by atoms with E-state index in [1.165, 1.54) is 25.3 Å². The van der Waals surface area contributed by atoms with E-state index < -0.39 is 5.97 Å². The Morgan fingerprint density at radius 2 is 2.20 bits per heavy atom. The summed E-state index contributed by atoms with van der Waals surface area (Å²) in [5.41, 5.74) is 0.479. The summed E-state index contributed by atoms with van der Waals surface area (Å²) in [6, 6.07) is 4.35. The van der Waals surface area contributed by atoms with Crippen LogP contribution in [-0.4, -0.2) is 41.7 Å². The minimum absolute atomic E-state index is 0.107. The highest BCUT2D eigenvalue weighted by Crippen LogP contribution is 2.27. The van der Waals surface area contributed by atoms with Crippen molar-refractivity contribution in [1.29, 1.82) is 0 Å². The first-order chi connectivity index (χ1) is 9.52. The number of methoxy groups -OCH3 is 1. The van der Waals surface area contributed by atoms with E-state index >= 15 is 0 Å². The Kier molecular flexibility index (Phi) is 4.12. The Morgan fingerprint density at radius 1 is 1.45 bits per heavy atom. The van der Waals surface area contributed by atoms with Crippen LogP contribution in [0, 0.1) is 0 Å². The van der Waals surface area contributed by atoms with Crippen LogP contribution in [0.3, 0.4) is 0 Å². The van der Waals surface area contributed by atoms with Crippen molar-refractivity contribution in [3.05, 3.63) is 23.8 Å². The number of rotatable bonds is 3. The summed E-state index contributed by atoms with van der Waals surface area (Å²) in [5, 5.41) is 11.7. The SMILES string of the molecule is COc1ccc(C(=O)O)cc1NC(=O)N1CCCC1C. The number of benzene rings is 1. The van der Waals surface area contributed by atoms with Crippen molar-refractivity contribution in [3.63, 3.8) is 0 Å². The van der Waals surface area contributed by atoms with Crippen molar-refractivity contribution in [3.8, 4) is 5.75 Å². The van der Waals surface area contributed by atoms with E-state index in [1.54, 1.807) is 4.90 Å². The van der Waals surface area contributed by atoms with E-state index in [-0.39, 0.29) is 17.6 Å². The highest BCUT2D eigenvalue weighted by molar-refractivity contribution is 5.95. The molecule has 6 nitrogen and oxygen atoms in total. The summed E-state index contributed by atoms with van der Waals surface area (Å²) in [6.07, 6.45) is 1.97. The van der Waals surface area contributed by atoms with Crippen LogP contribution in [-0.2, 0) is 0 Å². The van der Waals surface area contributed by atoms with Gasteiger partial charge in [-0.05, 0) is 38.0 Å². The number of amides is 2. The Morgan fingerprint density at radius 3 is 2.75 bits per heavy atom. The highest BCUT2D eigenvalue weighted by atomic mass is 16.5. The van der Waals surface area contributed by atoms with Crippen LogP contribution in [0.25, 0.3) is 0 Å². The minimum atomic E-state index is -1.04. The lowest BCUT2D eigenvalue weighted by atomic mass is 10.2. The second-order valence-corrected chi connectivity index (χ2v) is 4.84. The molecular weight excluding hydrogens is 260 g/mol. The van der Waals surface area contributed by atoms with Gasteiger partial charge in [0.25, 0.3) is 0 Å². The van der Waals surface area contributed by atoms with Crippen molar-refractivity contribution in [2.24, 2.45) is 0 Å². The number of nitrogens with zero attached hydrogens (tertiary/aromatic N) is 1. The monoisotopic (exact) mass is 278 g/mol. The van der Waals surface area contributed by atoms with Crippen LogP contribution in [0.15, 0.2) is 18.2 Å². The van der Waals surface area contributed by atoms with E-state index in [4.69, 9.17) is 9.84 Å². The number of carboxylic acids is 1. The van der Waals surface area contributed by atoms with Crippen molar-refractivity contribution in [1.82, 2.24) is 4.90 Å². The molecule has 1 saturated heterocycles. The van der Waals surface area contributed by atoms with E-state index in [9.17, 15) is 9.59 Å². The van der Waals surface area contributed by atoms with Gasteiger partial charge in [0.05, 0.1) is 18.4 Å². The maximum absolute atomic E-state index is 12.2. The fourth-order valence-corrected chi connectivity index (χ4v) is 2.36. The standard InChI is InChI=1S/C14H18N2O4/c1-9-4-3-7-16(9)14(19)15-11-8-10(13(17)18)5-6-12(11)20-2/h5-6,8-9H,3-4,7H2,1-2H3,(H,15,19)(H,17,18). The first-order valence-electron chi connectivity index (χ1n) is 6.52. The van der Waals surface area contributed by atoms with Crippen LogP contribution in [0.5, 0.6) is 5.75 Å².